The molecule has 0 amide bonds. The molecule has 4 heterocycles. The second kappa shape index (κ2) is 9.28. The van der Waals surface area contributed by atoms with Crippen LogP contribution in [0.2, 0.25) is 0 Å². The van der Waals surface area contributed by atoms with Crippen LogP contribution < -0.4 is 5.32 Å². The number of alkyl halides is 3. The van der Waals surface area contributed by atoms with Gasteiger partial charge in [0.05, 0.1) is 34.7 Å². The Morgan fingerprint density at radius 3 is 2.57 bits per heavy atom. The first-order valence-corrected chi connectivity index (χ1v) is 11.4. The van der Waals surface area contributed by atoms with Crippen LogP contribution in [0, 0.1) is 13.8 Å². The molecule has 0 fully saturated rings. The van der Waals surface area contributed by atoms with Gasteiger partial charge in [0.25, 0.3) is 0 Å². The van der Waals surface area contributed by atoms with Crippen LogP contribution >= 0.6 is 0 Å². The molecule has 0 aliphatic carbocycles. The Bertz CT molecular complexity index is 1570. The lowest BCUT2D eigenvalue weighted by molar-refractivity contribution is -0.142. The number of fused-ring (bicyclic) bond motifs is 1. The van der Waals surface area contributed by atoms with E-state index in [1.807, 2.05) is 37.3 Å². The van der Waals surface area contributed by atoms with Gasteiger partial charge in [-0.15, -0.1) is 5.10 Å². The molecule has 0 aliphatic heterocycles. The first-order chi connectivity index (χ1) is 17.6. The van der Waals surface area contributed by atoms with Crippen molar-refractivity contribution in [2.75, 3.05) is 5.32 Å². The second-order valence-electron chi connectivity index (χ2n) is 8.70. The number of nitrogens with zero attached hydrogens (tertiary/aromatic N) is 7. The van der Waals surface area contributed by atoms with E-state index in [-0.39, 0.29) is 0 Å². The van der Waals surface area contributed by atoms with Crippen molar-refractivity contribution < 1.29 is 18.3 Å². The number of aromatic nitrogens is 7. The average Bonchev–Trinajstić information content (AvgIpc) is 3.42. The maximum Gasteiger partial charge on any atom is 0.408 e. The van der Waals surface area contributed by atoms with Gasteiger partial charge < -0.3 is 10.4 Å². The summed E-state index contributed by atoms with van der Waals surface area (Å²) in [7, 11) is 0. The molecular weight excluding hydrogens is 485 g/mol. The summed E-state index contributed by atoms with van der Waals surface area (Å²) >= 11 is 0. The highest BCUT2D eigenvalue weighted by Crippen LogP contribution is 2.32. The molecule has 0 bridgehead atoms. The summed E-state index contributed by atoms with van der Waals surface area (Å²) in [6.45, 7) is 3.78. The minimum atomic E-state index is -4.41. The number of hydrogen-bond acceptors (Lipinski definition) is 7. The number of aryl methyl sites for hydroxylation is 1. The molecule has 1 aromatic carbocycles. The SMILES string of the molecule is Cc1ccc(Nc2ccc3c(c2)ncn3-c2ccc(C(C)O)c(-c3cnn(CC(F)(F)F)c3C)n2)nn1. The molecular formula is C25H23F3N8O. The van der Waals surface area contributed by atoms with Crippen LogP contribution in [0.15, 0.2) is 55.0 Å². The average molecular weight is 509 g/mol. The lowest BCUT2D eigenvalue weighted by Gasteiger charge is -2.14. The third-order valence-corrected chi connectivity index (χ3v) is 5.91. The molecule has 0 saturated heterocycles. The Balaban J connectivity index is 1.52. The van der Waals surface area contributed by atoms with E-state index in [2.05, 4.69) is 25.6 Å². The van der Waals surface area contributed by atoms with Gasteiger partial charge in [0.1, 0.15) is 18.7 Å². The van der Waals surface area contributed by atoms with E-state index >= 15 is 0 Å². The number of benzene rings is 1. The zero-order chi connectivity index (χ0) is 26.3. The van der Waals surface area contributed by atoms with E-state index < -0.39 is 18.8 Å². The molecule has 5 aromatic rings. The summed E-state index contributed by atoms with van der Waals surface area (Å²) in [5.41, 5.74) is 4.62. The first-order valence-electron chi connectivity index (χ1n) is 11.4. The molecule has 2 N–H and O–H groups in total. The Morgan fingerprint density at radius 2 is 1.86 bits per heavy atom. The molecule has 1 atom stereocenters. The molecule has 5 rings (SSSR count). The van der Waals surface area contributed by atoms with E-state index in [1.54, 1.807) is 36.9 Å². The van der Waals surface area contributed by atoms with Gasteiger partial charge >= 0.3 is 6.18 Å². The highest BCUT2D eigenvalue weighted by atomic mass is 19.4. The van der Waals surface area contributed by atoms with E-state index in [0.29, 0.717) is 39.7 Å². The number of aliphatic hydroxyl groups excluding tert-OH is 1. The quantitative estimate of drug-likeness (QED) is 0.331. The van der Waals surface area contributed by atoms with Gasteiger partial charge in [0, 0.05) is 22.5 Å². The lowest BCUT2D eigenvalue weighted by Crippen LogP contribution is -2.19. The third-order valence-electron chi connectivity index (χ3n) is 5.91. The monoisotopic (exact) mass is 508 g/mol. The van der Waals surface area contributed by atoms with Crippen molar-refractivity contribution in [1.29, 1.82) is 0 Å². The number of anilines is 2. The van der Waals surface area contributed by atoms with Crippen molar-refractivity contribution in [1.82, 2.24) is 34.5 Å². The highest BCUT2D eigenvalue weighted by molar-refractivity contribution is 5.82. The molecule has 190 valence electrons. The molecule has 0 radical (unpaired) electrons. The summed E-state index contributed by atoms with van der Waals surface area (Å²) in [6.07, 6.45) is -2.34. The van der Waals surface area contributed by atoms with Gasteiger partial charge in [-0.1, -0.05) is 6.07 Å². The van der Waals surface area contributed by atoms with Crippen LogP contribution in [0.25, 0.3) is 28.1 Å². The third kappa shape index (κ3) is 5.00. The highest BCUT2D eigenvalue weighted by Gasteiger charge is 2.30. The molecule has 0 aliphatic rings. The zero-order valence-electron chi connectivity index (χ0n) is 20.2. The maximum atomic E-state index is 13.0. The van der Waals surface area contributed by atoms with Gasteiger partial charge in [-0.2, -0.15) is 23.4 Å². The second-order valence-corrected chi connectivity index (χ2v) is 8.70. The van der Waals surface area contributed by atoms with Crippen molar-refractivity contribution in [3.05, 3.63) is 71.9 Å². The van der Waals surface area contributed by atoms with Crippen molar-refractivity contribution >= 4 is 22.5 Å². The normalized spacial score (nSPS) is 12.7. The number of hydrogen-bond donors (Lipinski definition) is 2. The summed E-state index contributed by atoms with van der Waals surface area (Å²) in [5.74, 6) is 1.10. The molecule has 4 aromatic heterocycles. The standard InChI is InChI=1S/C25H23F3N8O/c1-14-4-8-22(34-33-14)31-17-5-7-21-20(10-17)29-13-35(21)23-9-6-18(16(3)37)24(32-23)19-11-30-36(15(19)2)12-25(26,27)28/h4-11,13,16,37H,12H2,1-3H3,(H,31,34). The summed E-state index contributed by atoms with van der Waals surface area (Å²) < 4.78 is 41.6. The summed E-state index contributed by atoms with van der Waals surface area (Å²) in [6, 6.07) is 12.7. The van der Waals surface area contributed by atoms with E-state index in [0.717, 1.165) is 21.6 Å². The number of aliphatic hydroxyl groups is 1. The van der Waals surface area contributed by atoms with Gasteiger partial charge in [0.15, 0.2) is 5.82 Å². The van der Waals surface area contributed by atoms with Crippen molar-refractivity contribution in [3.8, 4) is 17.1 Å². The lowest BCUT2D eigenvalue weighted by atomic mass is 10.0. The fourth-order valence-corrected chi connectivity index (χ4v) is 4.04. The molecule has 0 saturated carbocycles. The van der Waals surface area contributed by atoms with Gasteiger partial charge in [-0.05, 0) is 57.2 Å². The van der Waals surface area contributed by atoms with Crippen molar-refractivity contribution in [2.45, 2.75) is 39.6 Å². The fourth-order valence-electron chi connectivity index (χ4n) is 4.04. The first kappa shape index (κ1) is 24.4. The van der Waals surface area contributed by atoms with Gasteiger partial charge in [0.2, 0.25) is 0 Å². The molecule has 12 heteroatoms. The predicted molar refractivity (Wildman–Crippen MR) is 132 cm³/mol. The smallest absolute Gasteiger partial charge is 0.389 e. The molecule has 37 heavy (non-hydrogen) atoms. The van der Waals surface area contributed by atoms with Crippen LogP contribution in [-0.4, -0.2) is 45.8 Å². The Labute approximate surface area is 209 Å². The number of rotatable bonds is 6. The molecule has 0 spiro atoms. The summed E-state index contributed by atoms with van der Waals surface area (Å²) in [5, 5.41) is 25.6. The van der Waals surface area contributed by atoms with Crippen LogP contribution in [0.5, 0.6) is 0 Å². The molecule has 9 nitrogen and oxygen atoms in total. The topological polar surface area (TPSA) is 107 Å². The van der Waals surface area contributed by atoms with E-state index in [1.165, 1.54) is 6.20 Å². The predicted octanol–water partition coefficient (Wildman–Crippen LogP) is 5.05. The number of imidazole rings is 1. The van der Waals surface area contributed by atoms with Crippen molar-refractivity contribution in [3.63, 3.8) is 0 Å². The maximum absolute atomic E-state index is 13.0. The number of halogens is 3. The fraction of sp³-hybridized carbons (Fsp3) is 0.240. The largest absolute Gasteiger partial charge is 0.408 e. The Kier molecular flexibility index (Phi) is 6.12. The van der Waals surface area contributed by atoms with Gasteiger partial charge in [-0.3, -0.25) is 9.25 Å². The number of nitrogens with one attached hydrogen (secondary N) is 1. The Morgan fingerprint density at radius 1 is 1.05 bits per heavy atom. The van der Waals surface area contributed by atoms with Gasteiger partial charge in [-0.25, -0.2) is 9.97 Å². The number of pyridine rings is 1. The summed E-state index contributed by atoms with van der Waals surface area (Å²) in [4.78, 5) is 9.21. The van der Waals surface area contributed by atoms with E-state index in [4.69, 9.17) is 4.98 Å². The van der Waals surface area contributed by atoms with Crippen molar-refractivity contribution in [2.24, 2.45) is 0 Å². The van der Waals surface area contributed by atoms with Crippen LogP contribution in [0.1, 0.15) is 30.0 Å². The minimum Gasteiger partial charge on any atom is -0.389 e. The Hall–Kier alpha value is -4.32. The van der Waals surface area contributed by atoms with Crippen LogP contribution in [-0.2, 0) is 6.54 Å². The van der Waals surface area contributed by atoms with Crippen LogP contribution in [0.3, 0.4) is 0 Å². The zero-order valence-corrected chi connectivity index (χ0v) is 20.2. The van der Waals surface area contributed by atoms with Crippen LogP contribution in [0.4, 0.5) is 24.7 Å². The molecule has 1 unspecified atom stereocenters. The van der Waals surface area contributed by atoms with E-state index in [9.17, 15) is 18.3 Å². The minimum absolute atomic E-state index is 0.300.